The van der Waals surface area contributed by atoms with Gasteiger partial charge in [0.15, 0.2) is 0 Å². The maximum Gasteiger partial charge on any atom is 0.258 e. The molecule has 1 aliphatic rings. The summed E-state index contributed by atoms with van der Waals surface area (Å²) >= 11 is 12.6. The third-order valence-electron chi connectivity index (χ3n) is 5.42. The number of benzene rings is 2. The van der Waals surface area contributed by atoms with Crippen LogP contribution in [0.2, 0.25) is 10.0 Å². The number of nitrogens with zero attached hydrogens (tertiary/aromatic N) is 1. The van der Waals surface area contributed by atoms with E-state index < -0.39 is 11.4 Å². The van der Waals surface area contributed by atoms with E-state index in [1.807, 2.05) is 32.0 Å². The molecule has 1 aliphatic heterocycles. The highest BCUT2D eigenvalue weighted by Crippen LogP contribution is 2.42. The van der Waals surface area contributed by atoms with Crippen LogP contribution in [-0.4, -0.2) is 17.8 Å². The lowest BCUT2D eigenvalue weighted by Crippen LogP contribution is -2.37. The van der Waals surface area contributed by atoms with Crippen molar-refractivity contribution in [2.24, 2.45) is 0 Å². The second-order valence-electron chi connectivity index (χ2n) is 7.65. The molecular weight excluding hydrogens is 414 g/mol. The van der Waals surface area contributed by atoms with E-state index in [0.717, 1.165) is 5.39 Å². The molecular formula is C22H21Cl2FN2O2. The van der Waals surface area contributed by atoms with E-state index in [2.05, 4.69) is 5.32 Å². The number of hydrogen-bond acceptors (Lipinski definition) is 3. The quantitative estimate of drug-likeness (QED) is 0.531. The van der Waals surface area contributed by atoms with Crippen LogP contribution in [0.4, 0.5) is 10.1 Å². The van der Waals surface area contributed by atoms with Gasteiger partial charge in [-0.3, -0.25) is 4.79 Å². The van der Waals surface area contributed by atoms with Gasteiger partial charge < -0.3 is 14.6 Å². The lowest BCUT2D eigenvalue weighted by Gasteiger charge is -2.32. The maximum atomic E-state index is 14.8. The van der Waals surface area contributed by atoms with E-state index >= 15 is 0 Å². The summed E-state index contributed by atoms with van der Waals surface area (Å²) in [5.74, 6) is -0.444. The zero-order valence-corrected chi connectivity index (χ0v) is 17.6. The number of fused-ring (bicyclic) bond motifs is 1. The SMILES string of the molecule is CC(C)n1ccc2ccc(N[C@]3(c4c(F)ccc(Cl)c4Cl)CCOC3)cc2c1=O. The summed E-state index contributed by atoms with van der Waals surface area (Å²) < 4.78 is 22.1. The first-order valence-electron chi connectivity index (χ1n) is 9.47. The van der Waals surface area contributed by atoms with Crippen LogP contribution in [0.15, 0.2) is 47.4 Å². The molecule has 0 saturated carbocycles. The molecule has 4 nitrogen and oxygen atoms in total. The molecule has 7 heteroatoms. The van der Waals surface area contributed by atoms with Crippen molar-refractivity contribution in [2.45, 2.75) is 31.8 Å². The standard InChI is InChI=1S/C22H21Cl2FN2O2/c1-13(2)27-9-7-14-3-4-15(11-16(14)21(27)28)26-22(8-10-29-12-22)19-18(25)6-5-17(23)20(19)24/h3-7,9,11,13,26H,8,10,12H2,1-2H3/t22-/m1/s1. The van der Waals surface area contributed by atoms with Crippen molar-refractivity contribution in [2.75, 3.05) is 18.5 Å². The highest BCUT2D eigenvalue weighted by atomic mass is 35.5. The van der Waals surface area contributed by atoms with Crippen LogP contribution in [0.1, 0.15) is 31.9 Å². The van der Waals surface area contributed by atoms with Gasteiger partial charge in [-0.25, -0.2) is 4.39 Å². The summed E-state index contributed by atoms with van der Waals surface area (Å²) in [5.41, 5.74) is 0.0461. The highest BCUT2D eigenvalue weighted by Gasteiger charge is 2.41. The Bertz CT molecular complexity index is 1140. The number of pyridine rings is 1. The van der Waals surface area contributed by atoms with Crippen LogP contribution in [0.3, 0.4) is 0 Å². The summed E-state index contributed by atoms with van der Waals surface area (Å²) in [5, 5.41) is 5.30. The molecule has 1 saturated heterocycles. The minimum Gasteiger partial charge on any atom is -0.379 e. The van der Waals surface area contributed by atoms with Crippen LogP contribution < -0.4 is 10.9 Å². The van der Waals surface area contributed by atoms with Crippen molar-refractivity contribution in [3.63, 3.8) is 0 Å². The van der Waals surface area contributed by atoms with Crippen molar-refractivity contribution in [3.8, 4) is 0 Å². The molecule has 0 unspecified atom stereocenters. The number of halogens is 3. The van der Waals surface area contributed by atoms with Crippen LogP contribution in [0.25, 0.3) is 10.8 Å². The zero-order chi connectivity index (χ0) is 20.8. The Morgan fingerprint density at radius 1 is 1.21 bits per heavy atom. The smallest absolute Gasteiger partial charge is 0.258 e. The van der Waals surface area contributed by atoms with Crippen molar-refractivity contribution < 1.29 is 9.13 Å². The van der Waals surface area contributed by atoms with Crippen LogP contribution in [0.5, 0.6) is 0 Å². The highest BCUT2D eigenvalue weighted by molar-refractivity contribution is 6.42. The van der Waals surface area contributed by atoms with Crippen LogP contribution in [-0.2, 0) is 10.3 Å². The first-order valence-corrected chi connectivity index (χ1v) is 10.2. The number of hydrogen-bond donors (Lipinski definition) is 1. The van der Waals surface area contributed by atoms with Gasteiger partial charge in [0.05, 0.1) is 22.2 Å². The summed E-state index contributed by atoms with van der Waals surface area (Å²) in [4.78, 5) is 12.9. The predicted molar refractivity (Wildman–Crippen MR) is 116 cm³/mol. The topological polar surface area (TPSA) is 43.3 Å². The van der Waals surface area contributed by atoms with E-state index in [0.29, 0.717) is 24.1 Å². The fourth-order valence-corrected chi connectivity index (χ4v) is 4.40. The number of rotatable bonds is 4. The normalized spacial score (nSPS) is 19.2. The second-order valence-corrected chi connectivity index (χ2v) is 8.44. The van der Waals surface area contributed by atoms with Gasteiger partial charge in [0.1, 0.15) is 5.82 Å². The molecule has 0 aliphatic carbocycles. The van der Waals surface area contributed by atoms with Crippen LogP contribution in [0, 0.1) is 5.82 Å². The molecule has 1 fully saturated rings. The van der Waals surface area contributed by atoms with Crippen molar-refractivity contribution >= 4 is 39.7 Å². The van der Waals surface area contributed by atoms with E-state index in [9.17, 15) is 9.18 Å². The molecule has 4 rings (SSSR count). The predicted octanol–water partition coefficient (Wildman–Crippen LogP) is 5.76. The Hall–Kier alpha value is -2.08. The first-order chi connectivity index (χ1) is 13.8. The van der Waals surface area contributed by atoms with Gasteiger partial charge in [0.2, 0.25) is 0 Å². The molecule has 0 amide bonds. The Morgan fingerprint density at radius 2 is 2.00 bits per heavy atom. The molecule has 29 heavy (non-hydrogen) atoms. The Balaban J connectivity index is 1.83. The van der Waals surface area contributed by atoms with Gasteiger partial charge >= 0.3 is 0 Å². The summed E-state index contributed by atoms with van der Waals surface area (Å²) in [6.45, 7) is 4.63. The summed E-state index contributed by atoms with van der Waals surface area (Å²) in [7, 11) is 0. The fraction of sp³-hybridized carbons (Fsp3) is 0.318. The number of nitrogens with one attached hydrogen (secondary N) is 1. The molecule has 1 aromatic heterocycles. The third-order valence-corrected chi connectivity index (χ3v) is 6.22. The zero-order valence-electron chi connectivity index (χ0n) is 16.1. The van der Waals surface area contributed by atoms with E-state index in [1.165, 1.54) is 12.1 Å². The Morgan fingerprint density at radius 3 is 2.69 bits per heavy atom. The van der Waals surface area contributed by atoms with Gasteiger partial charge in [-0.15, -0.1) is 0 Å². The first kappa shape index (κ1) is 20.2. The molecule has 2 heterocycles. The van der Waals surface area contributed by atoms with Crippen LogP contribution >= 0.6 is 23.2 Å². The van der Waals surface area contributed by atoms with E-state index in [-0.39, 0.29) is 33.8 Å². The largest absolute Gasteiger partial charge is 0.379 e. The lowest BCUT2D eigenvalue weighted by molar-refractivity contribution is 0.181. The lowest BCUT2D eigenvalue weighted by atomic mass is 9.88. The van der Waals surface area contributed by atoms with E-state index in [4.69, 9.17) is 27.9 Å². The van der Waals surface area contributed by atoms with Gasteiger partial charge in [-0.2, -0.15) is 0 Å². The molecule has 1 atom stereocenters. The second kappa shape index (κ2) is 7.63. The molecule has 0 radical (unpaired) electrons. The Labute approximate surface area is 178 Å². The number of anilines is 1. The fourth-order valence-electron chi connectivity index (χ4n) is 3.90. The van der Waals surface area contributed by atoms with Gasteiger partial charge in [0, 0.05) is 41.9 Å². The average molecular weight is 435 g/mol. The van der Waals surface area contributed by atoms with Gasteiger partial charge in [-0.05, 0) is 49.6 Å². The molecule has 2 aromatic carbocycles. The maximum absolute atomic E-state index is 14.8. The molecule has 152 valence electrons. The van der Waals surface area contributed by atoms with Crippen molar-refractivity contribution in [3.05, 3.63) is 74.4 Å². The number of aromatic nitrogens is 1. The molecule has 1 N–H and O–H groups in total. The number of ether oxygens (including phenoxy) is 1. The Kier molecular flexibility index (Phi) is 5.32. The van der Waals surface area contributed by atoms with E-state index in [1.54, 1.807) is 16.8 Å². The van der Waals surface area contributed by atoms with Gasteiger partial charge in [-0.1, -0.05) is 29.3 Å². The van der Waals surface area contributed by atoms with Gasteiger partial charge in [0.25, 0.3) is 5.56 Å². The summed E-state index contributed by atoms with van der Waals surface area (Å²) in [6, 6.07) is 10.3. The minimum atomic E-state index is -0.869. The molecule has 0 spiro atoms. The third kappa shape index (κ3) is 3.52. The molecule has 3 aromatic rings. The monoisotopic (exact) mass is 434 g/mol. The molecule has 0 bridgehead atoms. The average Bonchev–Trinajstić information content (AvgIpc) is 3.14. The van der Waals surface area contributed by atoms with Crippen molar-refractivity contribution in [1.82, 2.24) is 4.57 Å². The summed E-state index contributed by atoms with van der Waals surface area (Å²) in [6.07, 6.45) is 2.32. The minimum absolute atomic E-state index is 0.0532. The van der Waals surface area contributed by atoms with Crippen molar-refractivity contribution in [1.29, 1.82) is 0 Å².